The van der Waals surface area contributed by atoms with Crippen LogP contribution in [0.4, 0.5) is 0 Å². The normalized spacial score (nSPS) is 15.9. The Bertz CT molecular complexity index is 578. The number of rotatable bonds is 5. The monoisotopic (exact) mass is 287 g/mol. The van der Waals surface area contributed by atoms with E-state index in [0.29, 0.717) is 6.10 Å². The van der Waals surface area contributed by atoms with Gasteiger partial charge in [-0.15, -0.1) is 0 Å². The Balaban J connectivity index is 1.69. The maximum atomic E-state index is 6.29. The number of hydrogen-bond acceptors (Lipinski definition) is 2. The summed E-state index contributed by atoms with van der Waals surface area (Å²) in [6.07, 6.45) is 3.55. The predicted octanol–water partition coefficient (Wildman–Crippen LogP) is 4.12. The molecule has 2 aromatic carbocycles. The summed E-state index contributed by atoms with van der Waals surface area (Å²) in [5.74, 6) is 0.927. The first-order valence-corrected chi connectivity index (χ1v) is 7.35. The molecule has 0 spiro atoms. The lowest BCUT2D eigenvalue weighted by Gasteiger charge is -2.14. The largest absolute Gasteiger partial charge is 0.490 e. The third-order valence-corrected chi connectivity index (χ3v) is 3.73. The zero-order valence-corrected chi connectivity index (χ0v) is 12.0. The van der Waals surface area contributed by atoms with Gasteiger partial charge in [0.2, 0.25) is 0 Å². The predicted molar refractivity (Wildman–Crippen MR) is 82.2 cm³/mol. The molecule has 3 heteroatoms. The third-order valence-electron chi connectivity index (χ3n) is 3.48. The van der Waals surface area contributed by atoms with Crippen molar-refractivity contribution in [2.75, 3.05) is 0 Å². The fourth-order valence-corrected chi connectivity index (χ4v) is 2.32. The summed E-state index contributed by atoms with van der Waals surface area (Å²) in [6, 6.07) is 15.9. The van der Waals surface area contributed by atoms with E-state index in [1.54, 1.807) is 0 Å². The average molecular weight is 288 g/mol. The molecule has 1 saturated carbocycles. The maximum absolute atomic E-state index is 6.29. The minimum Gasteiger partial charge on any atom is -0.490 e. The lowest BCUT2D eigenvalue weighted by molar-refractivity contribution is 0.302. The van der Waals surface area contributed by atoms with Gasteiger partial charge in [-0.2, -0.15) is 0 Å². The van der Waals surface area contributed by atoms with Crippen molar-refractivity contribution in [3.8, 4) is 5.75 Å². The van der Waals surface area contributed by atoms with Gasteiger partial charge in [0.05, 0.1) is 6.10 Å². The Morgan fingerprint density at radius 2 is 1.90 bits per heavy atom. The summed E-state index contributed by atoms with van der Waals surface area (Å²) in [4.78, 5) is 0. The van der Waals surface area contributed by atoms with Gasteiger partial charge in [0.15, 0.2) is 0 Å². The van der Waals surface area contributed by atoms with E-state index in [2.05, 4.69) is 12.1 Å². The molecule has 2 aromatic rings. The van der Waals surface area contributed by atoms with Gasteiger partial charge in [-0.3, -0.25) is 0 Å². The molecule has 0 saturated heterocycles. The number of hydrogen-bond donors (Lipinski definition) is 1. The summed E-state index contributed by atoms with van der Waals surface area (Å²) >= 11 is 5.89. The van der Waals surface area contributed by atoms with Crippen molar-refractivity contribution < 1.29 is 4.74 Å². The van der Waals surface area contributed by atoms with Gasteiger partial charge in [0.1, 0.15) is 5.75 Å². The van der Waals surface area contributed by atoms with Crippen LogP contribution in [0.3, 0.4) is 0 Å². The lowest BCUT2D eigenvalue weighted by atomic mass is 9.99. The van der Waals surface area contributed by atoms with Crippen molar-refractivity contribution >= 4 is 11.6 Å². The molecule has 2 N–H and O–H groups in total. The molecule has 1 aliphatic rings. The van der Waals surface area contributed by atoms with Crippen LogP contribution < -0.4 is 10.5 Å². The van der Waals surface area contributed by atoms with Crippen molar-refractivity contribution in [2.45, 2.75) is 31.4 Å². The first-order chi connectivity index (χ1) is 9.70. The van der Waals surface area contributed by atoms with Crippen molar-refractivity contribution in [1.29, 1.82) is 0 Å². The van der Waals surface area contributed by atoms with Crippen LogP contribution in [0.2, 0.25) is 5.02 Å². The quantitative estimate of drug-likeness (QED) is 0.897. The van der Waals surface area contributed by atoms with Crippen LogP contribution in [0.5, 0.6) is 5.75 Å². The second kappa shape index (κ2) is 5.86. The summed E-state index contributed by atoms with van der Waals surface area (Å²) in [5.41, 5.74) is 8.59. The van der Waals surface area contributed by atoms with E-state index in [0.717, 1.165) is 22.8 Å². The van der Waals surface area contributed by atoms with Crippen LogP contribution in [0.25, 0.3) is 0 Å². The topological polar surface area (TPSA) is 35.2 Å². The van der Waals surface area contributed by atoms with E-state index in [9.17, 15) is 0 Å². The Morgan fingerprint density at radius 1 is 1.15 bits per heavy atom. The minimum absolute atomic E-state index is 0.0288. The second-order valence-electron chi connectivity index (χ2n) is 5.33. The molecule has 0 bridgehead atoms. The van der Waals surface area contributed by atoms with E-state index in [1.807, 2.05) is 36.4 Å². The van der Waals surface area contributed by atoms with Crippen LogP contribution >= 0.6 is 11.6 Å². The fourth-order valence-electron chi connectivity index (χ4n) is 2.19. The number of nitrogens with two attached hydrogens (primary N) is 1. The van der Waals surface area contributed by atoms with E-state index in [1.165, 1.54) is 18.4 Å². The SMILES string of the molecule is NC(Cc1ccc(Cl)cc1)c1cccc(OC2CC2)c1. The molecule has 0 aromatic heterocycles. The van der Waals surface area contributed by atoms with Crippen LogP contribution in [0.15, 0.2) is 48.5 Å². The summed E-state index contributed by atoms with van der Waals surface area (Å²) in [6.45, 7) is 0. The molecule has 3 rings (SSSR count). The van der Waals surface area contributed by atoms with Gasteiger partial charge < -0.3 is 10.5 Å². The van der Waals surface area contributed by atoms with Gasteiger partial charge >= 0.3 is 0 Å². The maximum Gasteiger partial charge on any atom is 0.120 e. The number of ether oxygens (including phenoxy) is 1. The van der Waals surface area contributed by atoms with Crippen molar-refractivity contribution in [2.24, 2.45) is 5.73 Å². The number of benzene rings is 2. The van der Waals surface area contributed by atoms with E-state index in [-0.39, 0.29) is 6.04 Å². The van der Waals surface area contributed by atoms with Crippen molar-refractivity contribution in [1.82, 2.24) is 0 Å². The molecule has 104 valence electrons. The highest BCUT2D eigenvalue weighted by Gasteiger charge is 2.23. The average Bonchev–Trinajstić information content (AvgIpc) is 3.25. The Hall–Kier alpha value is -1.51. The molecule has 0 heterocycles. The Labute approximate surface area is 124 Å². The number of halogens is 1. The van der Waals surface area contributed by atoms with E-state index < -0.39 is 0 Å². The van der Waals surface area contributed by atoms with Gasteiger partial charge in [0, 0.05) is 11.1 Å². The molecule has 0 aliphatic heterocycles. The summed E-state index contributed by atoms with van der Waals surface area (Å²) < 4.78 is 5.81. The molecular weight excluding hydrogens is 270 g/mol. The fraction of sp³-hybridized carbons (Fsp3) is 0.294. The van der Waals surface area contributed by atoms with Gasteiger partial charge in [-0.05, 0) is 54.7 Å². The smallest absolute Gasteiger partial charge is 0.120 e. The second-order valence-corrected chi connectivity index (χ2v) is 5.76. The molecule has 1 aliphatic carbocycles. The first kappa shape index (κ1) is 13.5. The van der Waals surface area contributed by atoms with Crippen LogP contribution in [-0.4, -0.2) is 6.10 Å². The zero-order chi connectivity index (χ0) is 13.9. The molecule has 0 amide bonds. The van der Waals surface area contributed by atoms with Crippen LogP contribution in [-0.2, 0) is 6.42 Å². The van der Waals surface area contributed by atoms with Crippen LogP contribution in [0, 0.1) is 0 Å². The first-order valence-electron chi connectivity index (χ1n) is 6.97. The van der Waals surface area contributed by atoms with Crippen LogP contribution in [0.1, 0.15) is 30.0 Å². The van der Waals surface area contributed by atoms with E-state index >= 15 is 0 Å². The van der Waals surface area contributed by atoms with Crippen molar-refractivity contribution in [3.63, 3.8) is 0 Å². The van der Waals surface area contributed by atoms with E-state index in [4.69, 9.17) is 22.1 Å². The molecule has 0 radical (unpaired) electrons. The molecule has 2 nitrogen and oxygen atoms in total. The third kappa shape index (κ3) is 3.53. The molecular formula is C17H18ClNO. The molecule has 1 atom stereocenters. The zero-order valence-electron chi connectivity index (χ0n) is 11.3. The standard InChI is InChI=1S/C17H18ClNO/c18-14-6-4-12(5-7-14)10-17(19)13-2-1-3-16(11-13)20-15-8-9-15/h1-7,11,15,17H,8-10,19H2. The Kier molecular flexibility index (Phi) is 3.95. The highest BCUT2D eigenvalue weighted by Crippen LogP contribution is 2.28. The molecule has 20 heavy (non-hydrogen) atoms. The summed E-state index contributed by atoms with van der Waals surface area (Å²) in [5, 5.41) is 0.752. The summed E-state index contributed by atoms with van der Waals surface area (Å²) in [7, 11) is 0. The minimum atomic E-state index is -0.0288. The highest BCUT2D eigenvalue weighted by molar-refractivity contribution is 6.30. The molecule has 1 fully saturated rings. The highest BCUT2D eigenvalue weighted by atomic mass is 35.5. The van der Waals surface area contributed by atoms with Gasteiger partial charge in [0.25, 0.3) is 0 Å². The van der Waals surface area contributed by atoms with Gasteiger partial charge in [-0.1, -0.05) is 35.9 Å². The molecule has 1 unspecified atom stereocenters. The van der Waals surface area contributed by atoms with Gasteiger partial charge in [-0.25, -0.2) is 0 Å². The lowest BCUT2D eigenvalue weighted by Crippen LogP contribution is -2.13. The van der Waals surface area contributed by atoms with Crippen molar-refractivity contribution in [3.05, 3.63) is 64.7 Å². The Morgan fingerprint density at radius 3 is 2.60 bits per heavy atom.